The maximum atomic E-state index is 13.5. The van der Waals surface area contributed by atoms with Gasteiger partial charge in [-0.2, -0.15) is 0 Å². The molecule has 1 aliphatic rings. The maximum Gasteiger partial charge on any atom is 0.194 e. The molecule has 0 atom stereocenters. The molecule has 0 unspecified atom stereocenters. The standard InChI is InChI=1S/C35H24O5S2/c36-35-33-19-27(41(37,38)21-25-11-5-9-23-7-1-3-13-29(23)25)15-17-31(33)32-18-16-28(20-34(32)35)42(39,40)22-26-12-6-10-24-8-2-4-14-30(24)26/h1-20H,21-22H2. The monoisotopic (exact) mass is 588 g/mol. The van der Waals surface area contributed by atoms with E-state index in [-0.39, 0.29) is 38.2 Å². The normalized spacial score (nSPS) is 12.9. The van der Waals surface area contributed by atoms with Crippen LogP contribution < -0.4 is 0 Å². The van der Waals surface area contributed by atoms with Crippen molar-refractivity contribution in [1.29, 1.82) is 0 Å². The lowest BCUT2D eigenvalue weighted by Crippen LogP contribution is -2.07. The van der Waals surface area contributed by atoms with Crippen molar-refractivity contribution in [3.05, 3.63) is 144 Å². The summed E-state index contributed by atoms with van der Waals surface area (Å²) in [5.74, 6) is -0.792. The van der Waals surface area contributed by atoms with Crippen LogP contribution >= 0.6 is 0 Å². The molecule has 5 nitrogen and oxygen atoms in total. The zero-order chi connectivity index (χ0) is 29.1. The minimum absolute atomic E-state index is 0.0548. The van der Waals surface area contributed by atoms with E-state index in [0.717, 1.165) is 21.5 Å². The Kier molecular flexibility index (Phi) is 6.11. The van der Waals surface area contributed by atoms with Gasteiger partial charge in [0, 0.05) is 11.1 Å². The molecule has 0 fully saturated rings. The number of rotatable bonds is 6. The van der Waals surface area contributed by atoms with Crippen molar-refractivity contribution in [2.45, 2.75) is 21.3 Å². The molecule has 0 saturated carbocycles. The Labute approximate surface area is 243 Å². The molecular formula is C35H24O5S2. The van der Waals surface area contributed by atoms with E-state index >= 15 is 0 Å². The van der Waals surface area contributed by atoms with Crippen LogP contribution in [0.1, 0.15) is 27.0 Å². The summed E-state index contributed by atoms with van der Waals surface area (Å²) in [4.78, 5) is 13.6. The van der Waals surface area contributed by atoms with Crippen molar-refractivity contribution in [2.24, 2.45) is 0 Å². The van der Waals surface area contributed by atoms with Crippen LogP contribution in [-0.2, 0) is 31.2 Å². The molecule has 0 heterocycles. The van der Waals surface area contributed by atoms with E-state index in [2.05, 4.69) is 0 Å². The summed E-state index contributed by atoms with van der Waals surface area (Å²) in [5.41, 5.74) is 3.07. The van der Waals surface area contributed by atoms with Crippen LogP contribution in [0, 0.1) is 0 Å². The second kappa shape index (κ2) is 9.76. The van der Waals surface area contributed by atoms with E-state index in [1.807, 2.05) is 72.8 Å². The second-order valence-electron chi connectivity index (χ2n) is 10.5. The molecule has 0 N–H and O–H groups in total. The van der Waals surface area contributed by atoms with Crippen LogP contribution in [0.3, 0.4) is 0 Å². The lowest BCUT2D eigenvalue weighted by Gasteiger charge is -2.10. The van der Waals surface area contributed by atoms with E-state index < -0.39 is 19.7 Å². The average molecular weight is 589 g/mol. The van der Waals surface area contributed by atoms with Gasteiger partial charge in [0.2, 0.25) is 0 Å². The van der Waals surface area contributed by atoms with Crippen LogP contribution in [0.25, 0.3) is 32.7 Å². The number of benzene rings is 6. The van der Waals surface area contributed by atoms with Crippen molar-refractivity contribution >= 4 is 47.0 Å². The highest BCUT2D eigenvalue weighted by atomic mass is 32.2. The fourth-order valence-corrected chi connectivity index (χ4v) is 8.64. The van der Waals surface area contributed by atoms with Crippen molar-refractivity contribution in [2.75, 3.05) is 0 Å². The molecule has 6 aromatic rings. The SMILES string of the molecule is O=C1c2cc(S(=O)(=O)Cc3cccc4ccccc34)ccc2-c2ccc(S(=O)(=O)Cc3cccc4ccccc34)cc21. The number of carbonyl (C=O) groups excluding carboxylic acids is 1. The van der Waals surface area contributed by atoms with Crippen molar-refractivity contribution in [3.63, 3.8) is 0 Å². The first-order valence-corrected chi connectivity index (χ1v) is 16.7. The smallest absolute Gasteiger partial charge is 0.194 e. The molecule has 7 heteroatoms. The van der Waals surface area contributed by atoms with E-state index in [9.17, 15) is 21.6 Å². The second-order valence-corrected chi connectivity index (χ2v) is 14.5. The molecule has 0 bridgehead atoms. The summed E-state index contributed by atoms with van der Waals surface area (Å²) >= 11 is 0. The summed E-state index contributed by atoms with van der Waals surface area (Å²) in [6.07, 6.45) is 0. The predicted octanol–water partition coefficient (Wildman–Crippen LogP) is 7.15. The Bertz CT molecular complexity index is 2130. The van der Waals surface area contributed by atoms with Gasteiger partial charge in [0.15, 0.2) is 25.5 Å². The summed E-state index contributed by atoms with van der Waals surface area (Å²) in [7, 11) is -7.54. The third kappa shape index (κ3) is 4.42. The van der Waals surface area contributed by atoms with Crippen LogP contribution in [-0.4, -0.2) is 22.6 Å². The summed E-state index contributed by atoms with van der Waals surface area (Å²) in [5, 5.41) is 3.64. The van der Waals surface area contributed by atoms with Crippen LogP contribution in [0.2, 0.25) is 0 Å². The Morgan fingerprint density at radius 3 is 1.29 bits per heavy atom. The molecule has 0 aliphatic heterocycles. The summed E-state index contributed by atoms with van der Waals surface area (Å²) in [6.45, 7) is 0. The quantitative estimate of drug-likeness (QED) is 0.206. The minimum Gasteiger partial charge on any atom is -0.289 e. The van der Waals surface area contributed by atoms with Gasteiger partial charge in [-0.1, -0.05) is 97.1 Å². The van der Waals surface area contributed by atoms with Gasteiger partial charge in [-0.3, -0.25) is 4.79 Å². The molecule has 0 amide bonds. The molecule has 42 heavy (non-hydrogen) atoms. The predicted molar refractivity (Wildman–Crippen MR) is 165 cm³/mol. The van der Waals surface area contributed by atoms with Crippen LogP contribution in [0.5, 0.6) is 0 Å². The van der Waals surface area contributed by atoms with Gasteiger partial charge >= 0.3 is 0 Å². The molecule has 206 valence electrons. The van der Waals surface area contributed by atoms with Crippen LogP contribution in [0.4, 0.5) is 0 Å². The van der Waals surface area contributed by atoms with Gasteiger partial charge in [0.25, 0.3) is 0 Å². The molecule has 0 radical (unpaired) electrons. The number of fused-ring (bicyclic) bond motifs is 5. The van der Waals surface area contributed by atoms with Gasteiger partial charge in [-0.25, -0.2) is 16.8 Å². The first kappa shape index (κ1) is 26.3. The average Bonchev–Trinajstić information content (AvgIpc) is 3.28. The van der Waals surface area contributed by atoms with E-state index in [4.69, 9.17) is 0 Å². The first-order chi connectivity index (χ1) is 20.2. The Morgan fingerprint density at radius 2 is 0.833 bits per heavy atom. The van der Waals surface area contributed by atoms with Gasteiger partial charge < -0.3 is 0 Å². The Morgan fingerprint density at radius 1 is 0.429 bits per heavy atom. The van der Waals surface area contributed by atoms with E-state index in [1.54, 1.807) is 24.3 Å². The maximum absolute atomic E-state index is 13.5. The molecule has 0 spiro atoms. The molecule has 0 aromatic heterocycles. The van der Waals surface area contributed by atoms with Crippen LogP contribution in [0.15, 0.2) is 131 Å². The third-order valence-corrected chi connectivity index (χ3v) is 11.3. The Balaban J connectivity index is 1.20. The molecule has 1 aliphatic carbocycles. The Hall–Kier alpha value is -4.59. The zero-order valence-corrected chi connectivity index (χ0v) is 24.0. The highest BCUT2D eigenvalue weighted by molar-refractivity contribution is 7.91. The van der Waals surface area contributed by atoms with E-state index in [1.165, 1.54) is 24.3 Å². The number of carbonyl (C=O) groups is 1. The minimum atomic E-state index is -3.77. The first-order valence-electron chi connectivity index (χ1n) is 13.4. The number of ketones is 1. The highest BCUT2D eigenvalue weighted by Gasteiger charge is 2.31. The van der Waals surface area contributed by atoms with Gasteiger partial charge in [-0.05, 0) is 68.1 Å². The third-order valence-electron chi connectivity index (χ3n) is 7.93. The number of hydrogen-bond donors (Lipinski definition) is 0. The van der Waals surface area contributed by atoms with Gasteiger partial charge in [-0.15, -0.1) is 0 Å². The fraction of sp³-hybridized carbons (Fsp3) is 0.0571. The molecule has 7 rings (SSSR count). The summed E-state index contributed by atoms with van der Waals surface area (Å²) < 4.78 is 53.9. The number of hydrogen-bond acceptors (Lipinski definition) is 5. The zero-order valence-electron chi connectivity index (χ0n) is 22.3. The van der Waals surface area contributed by atoms with Gasteiger partial charge in [0.05, 0.1) is 21.3 Å². The summed E-state index contributed by atoms with van der Waals surface area (Å²) in [6, 6.07) is 35.5. The fourth-order valence-electron chi connectivity index (χ4n) is 5.84. The molecular weight excluding hydrogens is 565 g/mol. The lowest BCUT2D eigenvalue weighted by molar-refractivity contribution is 0.104. The topological polar surface area (TPSA) is 85.3 Å². The van der Waals surface area contributed by atoms with Crippen molar-refractivity contribution in [1.82, 2.24) is 0 Å². The van der Waals surface area contributed by atoms with Crippen molar-refractivity contribution in [3.8, 4) is 11.1 Å². The van der Waals surface area contributed by atoms with E-state index in [0.29, 0.717) is 22.3 Å². The highest BCUT2D eigenvalue weighted by Crippen LogP contribution is 2.39. The number of sulfone groups is 2. The molecule has 6 aromatic carbocycles. The van der Waals surface area contributed by atoms with Crippen molar-refractivity contribution < 1.29 is 21.6 Å². The largest absolute Gasteiger partial charge is 0.289 e. The lowest BCUT2D eigenvalue weighted by atomic mass is 10.1. The van der Waals surface area contributed by atoms with Gasteiger partial charge in [0.1, 0.15) is 0 Å². The molecule has 0 saturated heterocycles.